The summed E-state index contributed by atoms with van der Waals surface area (Å²) in [7, 11) is 0. The summed E-state index contributed by atoms with van der Waals surface area (Å²) in [6.07, 6.45) is 1.83. The fraction of sp³-hybridized carbons (Fsp3) is 0.611. The monoisotopic (exact) mass is 320 g/mol. The zero-order valence-corrected chi connectivity index (χ0v) is 14.3. The molecule has 0 aliphatic carbocycles. The second kappa shape index (κ2) is 8.20. The molecule has 5 nitrogen and oxygen atoms in total. The third-order valence-corrected chi connectivity index (χ3v) is 4.15. The number of carbonyl (C=O) groups excluding carboxylic acids is 1. The number of carbonyl (C=O) groups is 1. The summed E-state index contributed by atoms with van der Waals surface area (Å²) in [5.74, 6) is 1.34. The third kappa shape index (κ3) is 4.86. The lowest BCUT2D eigenvalue weighted by atomic mass is 10.1. The number of aliphatic hydroxyl groups is 1. The summed E-state index contributed by atoms with van der Waals surface area (Å²) >= 11 is 0. The van der Waals surface area contributed by atoms with Crippen LogP contribution in [-0.4, -0.2) is 41.8 Å². The first-order valence-corrected chi connectivity index (χ1v) is 8.42. The number of urea groups is 1. The van der Waals surface area contributed by atoms with Gasteiger partial charge in [-0.3, -0.25) is 0 Å². The maximum Gasteiger partial charge on any atom is 0.318 e. The lowest BCUT2D eigenvalue weighted by Gasteiger charge is -2.25. The maximum absolute atomic E-state index is 12.3. The number of aliphatic hydroxyl groups excluding tert-OH is 1. The lowest BCUT2D eigenvalue weighted by molar-refractivity contribution is 0.155. The molecule has 0 saturated carbocycles. The zero-order chi connectivity index (χ0) is 16.8. The molecule has 5 heteroatoms. The van der Waals surface area contributed by atoms with Crippen molar-refractivity contribution in [2.45, 2.75) is 45.7 Å². The van der Waals surface area contributed by atoms with E-state index >= 15 is 0 Å². The van der Waals surface area contributed by atoms with Gasteiger partial charge >= 0.3 is 6.03 Å². The summed E-state index contributed by atoms with van der Waals surface area (Å²) in [6.45, 7) is 7.64. The highest BCUT2D eigenvalue weighted by molar-refractivity contribution is 5.75. The minimum atomic E-state index is -0.103. The number of benzene rings is 1. The fourth-order valence-electron chi connectivity index (χ4n) is 2.76. The highest BCUT2D eigenvalue weighted by Crippen LogP contribution is 2.20. The van der Waals surface area contributed by atoms with Gasteiger partial charge in [-0.05, 0) is 43.4 Å². The Hall–Kier alpha value is -1.75. The van der Waals surface area contributed by atoms with Gasteiger partial charge < -0.3 is 20.1 Å². The van der Waals surface area contributed by atoms with Crippen molar-refractivity contribution >= 4 is 6.03 Å². The van der Waals surface area contributed by atoms with E-state index in [0.29, 0.717) is 19.1 Å². The van der Waals surface area contributed by atoms with Gasteiger partial charge in [-0.15, -0.1) is 0 Å². The highest BCUT2D eigenvalue weighted by atomic mass is 16.5. The van der Waals surface area contributed by atoms with E-state index in [-0.39, 0.29) is 24.7 Å². The van der Waals surface area contributed by atoms with Crippen LogP contribution in [0.5, 0.6) is 5.75 Å². The predicted octanol–water partition coefficient (Wildman–Crippen LogP) is 2.95. The molecular weight excluding hydrogens is 292 g/mol. The first-order valence-electron chi connectivity index (χ1n) is 8.42. The summed E-state index contributed by atoms with van der Waals surface area (Å²) < 4.78 is 5.67. The summed E-state index contributed by atoms with van der Waals surface area (Å²) in [5.41, 5.74) is 1.04. The standard InChI is InChI=1S/C18H28N2O3/c1-13(2)12-23-17-8-6-15(7-9-17)14(3)19-18(22)20-10-4-5-16(20)11-21/h6-9,13-14,16,21H,4-5,10-12H2,1-3H3,(H,19,22). The molecule has 2 unspecified atom stereocenters. The van der Waals surface area contributed by atoms with Crippen molar-refractivity contribution < 1.29 is 14.6 Å². The van der Waals surface area contributed by atoms with Gasteiger partial charge in [0.1, 0.15) is 5.75 Å². The van der Waals surface area contributed by atoms with E-state index in [1.807, 2.05) is 31.2 Å². The van der Waals surface area contributed by atoms with Gasteiger partial charge in [0.05, 0.1) is 25.3 Å². The van der Waals surface area contributed by atoms with Crippen LogP contribution in [0, 0.1) is 5.92 Å². The molecule has 1 fully saturated rings. The van der Waals surface area contributed by atoms with Gasteiger partial charge in [-0.1, -0.05) is 26.0 Å². The molecule has 2 amide bonds. The number of amides is 2. The minimum Gasteiger partial charge on any atom is -0.493 e. The molecule has 2 N–H and O–H groups in total. The van der Waals surface area contributed by atoms with Crippen molar-refractivity contribution in [1.29, 1.82) is 0 Å². The second-order valence-corrected chi connectivity index (χ2v) is 6.62. The van der Waals surface area contributed by atoms with Gasteiger partial charge in [0.15, 0.2) is 0 Å². The molecule has 1 heterocycles. The zero-order valence-electron chi connectivity index (χ0n) is 14.3. The molecule has 1 aliphatic rings. The van der Waals surface area contributed by atoms with E-state index in [9.17, 15) is 9.90 Å². The van der Waals surface area contributed by atoms with Crippen LogP contribution in [0.3, 0.4) is 0 Å². The molecule has 2 atom stereocenters. The Bertz CT molecular complexity index is 501. The van der Waals surface area contributed by atoms with Gasteiger partial charge in [-0.25, -0.2) is 4.79 Å². The molecule has 1 aromatic rings. The highest BCUT2D eigenvalue weighted by Gasteiger charge is 2.28. The van der Waals surface area contributed by atoms with Crippen molar-refractivity contribution in [3.8, 4) is 5.75 Å². The lowest BCUT2D eigenvalue weighted by Crippen LogP contribution is -2.44. The van der Waals surface area contributed by atoms with E-state index in [0.717, 1.165) is 24.2 Å². The van der Waals surface area contributed by atoms with Crippen molar-refractivity contribution in [2.24, 2.45) is 5.92 Å². The number of hydrogen-bond donors (Lipinski definition) is 2. The first kappa shape index (κ1) is 17.6. The fourth-order valence-corrected chi connectivity index (χ4v) is 2.76. The number of hydrogen-bond acceptors (Lipinski definition) is 3. The third-order valence-electron chi connectivity index (χ3n) is 4.15. The SMILES string of the molecule is CC(C)COc1ccc(C(C)NC(=O)N2CCCC2CO)cc1. The summed E-state index contributed by atoms with van der Waals surface area (Å²) in [6, 6.07) is 7.60. The van der Waals surface area contributed by atoms with E-state index in [1.165, 1.54) is 0 Å². The second-order valence-electron chi connectivity index (χ2n) is 6.62. The van der Waals surface area contributed by atoms with Crippen molar-refractivity contribution in [3.05, 3.63) is 29.8 Å². The number of nitrogens with zero attached hydrogens (tertiary/aromatic N) is 1. The largest absolute Gasteiger partial charge is 0.493 e. The predicted molar refractivity (Wildman–Crippen MR) is 90.5 cm³/mol. The minimum absolute atomic E-state index is 0.0314. The number of nitrogens with one attached hydrogen (secondary N) is 1. The average molecular weight is 320 g/mol. The number of likely N-dealkylation sites (tertiary alicyclic amines) is 1. The van der Waals surface area contributed by atoms with E-state index < -0.39 is 0 Å². The van der Waals surface area contributed by atoms with Crippen LogP contribution < -0.4 is 10.1 Å². The van der Waals surface area contributed by atoms with Crippen LogP contribution in [0.2, 0.25) is 0 Å². The quantitative estimate of drug-likeness (QED) is 0.847. The molecule has 0 spiro atoms. The molecule has 128 valence electrons. The maximum atomic E-state index is 12.3. The number of rotatable bonds is 6. The molecule has 1 aliphatic heterocycles. The Morgan fingerprint density at radius 2 is 2.04 bits per heavy atom. The van der Waals surface area contributed by atoms with Gasteiger partial charge in [0.2, 0.25) is 0 Å². The number of ether oxygens (including phenoxy) is 1. The van der Waals surface area contributed by atoms with E-state index in [4.69, 9.17) is 4.74 Å². The van der Waals surface area contributed by atoms with E-state index in [1.54, 1.807) is 4.90 Å². The molecule has 23 heavy (non-hydrogen) atoms. The molecule has 0 radical (unpaired) electrons. The molecular formula is C18H28N2O3. The Kier molecular flexibility index (Phi) is 6.28. The molecule has 0 bridgehead atoms. The van der Waals surface area contributed by atoms with Gasteiger partial charge in [-0.2, -0.15) is 0 Å². The van der Waals surface area contributed by atoms with Gasteiger partial charge in [0, 0.05) is 6.54 Å². The van der Waals surface area contributed by atoms with Gasteiger partial charge in [0.25, 0.3) is 0 Å². The molecule has 1 saturated heterocycles. The first-order chi connectivity index (χ1) is 11.0. The van der Waals surface area contributed by atoms with Crippen LogP contribution >= 0.6 is 0 Å². The van der Waals surface area contributed by atoms with Crippen LogP contribution in [0.4, 0.5) is 4.79 Å². The topological polar surface area (TPSA) is 61.8 Å². The Labute approximate surface area is 138 Å². The van der Waals surface area contributed by atoms with Crippen LogP contribution in [0.1, 0.15) is 45.2 Å². The molecule has 2 rings (SSSR count). The summed E-state index contributed by atoms with van der Waals surface area (Å²) in [4.78, 5) is 14.1. The average Bonchev–Trinajstić information content (AvgIpc) is 3.02. The van der Waals surface area contributed by atoms with Crippen molar-refractivity contribution in [2.75, 3.05) is 19.8 Å². The van der Waals surface area contributed by atoms with Crippen LogP contribution in [0.25, 0.3) is 0 Å². The van der Waals surface area contributed by atoms with E-state index in [2.05, 4.69) is 19.2 Å². The molecule has 0 aromatic heterocycles. The Morgan fingerprint density at radius 3 is 2.65 bits per heavy atom. The molecule has 1 aromatic carbocycles. The normalized spacial score (nSPS) is 19.0. The van der Waals surface area contributed by atoms with Crippen molar-refractivity contribution in [3.63, 3.8) is 0 Å². The van der Waals surface area contributed by atoms with Crippen LogP contribution in [0.15, 0.2) is 24.3 Å². The van der Waals surface area contributed by atoms with Crippen molar-refractivity contribution in [1.82, 2.24) is 10.2 Å². The Balaban J connectivity index is 1.90. The summed E-state index contributed by atoms with van der Waals surface area (Å²) in [5, 5.41) is 12.3. The smallest absolute Gasteiger partial charge is 0.318 e. The Morgan fingerprint density at radius 1 is 1.35 bits per heavy atom. The van der Waals surface area contributed by atoms with Crippen LogP contribution in [-0.2, 0) is 0 Å².